The molecular formula is C9H13O2. The summed E-state index contributed by atoms with van der Waals surface area (Å²) >= 11 is 0. The van der Waals surface area contributed by atoms with Gasteiger partial charge in [-0.2, -0.15) is 0 Å². The van der Waals surface area contributed by atoms with Crippen LogP contribution in [0.5, 0.6) is 0 Å². The van der Waals surface area contributed by atoms with Crippen LogP contribution in [0.3, 0.4) is 0 Å². The lowest BCUT2D eigenvalue weighted by molar-refractivity contribution is 0.0712. The van der Waals surface area contributed by atoms with Crippen LogP contribution in [0.15, 0.2) is 24.0 Å². The lowest BCUT2D eigenvalue weighted by Crippen LogP contribution is -2.25. The Bertz CT molecular complexity index is 194. The van der Waals surface area contributed by atoms with E-state index in [2.05, 4.69) is 6.92 Å². The molecule has 2 heteroatoms. The van der Waals surface area contributed by atoms with Crippen molar-refractivity contribution >= 4 is 0 Å². The quantitative estimate of drug-likeness (QED) is 0.601. The van der Waals surface area contributed by atoms with Crippen molar-refractivity contribution in [3.63, 3.8) is 0 Å². The standard InChI is InChI=1S/C9H13O2/c1-9(11-3)6-4-8(10-2)5-7-9/h4-6H,1,7H2,2-3H3. The summed E-state index contributed by atoms with van der Waals surface area (Å²) in [7, 11) is 3.31. The first kappa shape index (κ1) is 8.34. The minimum Gasteiger partial charge on any atom is -0.497 e. The van der Waals surface area contributed by atoms with Crippen LogP contribution < -0.4 is 0 Å². The van der Waals surface area contributed by atoms with E-state index in [1.807, 2.05) is 18.2 Å². The molecule has 0 aromatic rings. The zero-order valence-electron chi connectivity index (χ0n) is 6.96. The molecule has 11 heavy (non-hydrogen) atoms. The molecule has 1 atom stereocenters. The Labute approximate surface area is 67.5 Å². The minimum absolute atomic E-state index is 0.387. The van der Waals surface area contributed by atoms with Crippen LogP contribution in [0.25, 0.3) is 0 Å². The molecule has 1 aliphatic rings. The number of methoxy groups -OCH3 is 2. The normalized spacial score (nSPS) is 29.9. The van der Waals surface area contributed by atoms with Gasteiger partial charge >= 0.3 is 0 Å². The first-order chi connectivity index (χ1) is 5.20. The second-order valence-electron chi connectivity index (χ2n) is 2.62. The maximum atomic E-state index is 5.17. The summed E-state index contributed by atoms with van der Waals surface area (Å²) in [5, 5.41) is 0. The van der Waals surface area contributed by atoms with Gasteiger partial charge in [-0.05, 0) is 25.2 Å². The van der Waals surface area contributed by atoms with Gasteiger partial charge in [-0.15, -0.1) is 0 Å². The van der Waals surface area contributed by atoms with E-state index in [-0.39, 0.29) is 5.60 Å². The number of hydrogen-bond acceptors (Lipinski definition) is 2. The summed E-state index contributed by atoms with van der Waals surface area (Å²) in [4.78, 5) is 0. The first-order valence-corrected chi connectivity index (χ1v) is 3.54. The highest BCUT2D eigenvalue weighted by molar-refractivity contribution is 5.24. The molecule has 0 N–H and O–H groups in total. The predicted molar refractivity (Wildman–Crippen MR) is 43.9 cm³/mol. The molecule has 0 fully saturated rings. The van der Waals surface area contributed by atoms with E-state index in [1.54, 1.807) is 14.2 Å². The Kier molecular flexibility index (Phi) is 2.35. The fourth-order valence-corrected chi connectivity index (χ4v) is 0.946. The van der Waals surface area contributed by atoms with E-state index >= 15 is 0 Å². The van der Waals surface area contributed by atoms with Gasteiger partial charge in [0.25, 0.3) is 0 Å². The van der Waals surface area contributed by atoms with Gasteiger partial charge in [0.2, 0.25) is 0 Å². The Balaban J connectivity index is 2.63. The lowest BCUT2D eigenvalue weighted by atomic mass is 9.97. The van der Waals surface area contributed by atoms with Crippen molar-refractivity contribution in [3.05, 3.63) is 30.9 Å². The number of hydrogen-bond donors (Lipinski definition) is 0. The monoisotopic (exact) mass is 153 g/mol. The average molecular weight is 153 g/mol. The van der Waals surface area contributed by atoms with Gasteiger partial charge in [-0.1, -0.05) is 0 Å². The minimum atomic E-state index is -0.387. The zero-order valence-corrected chi connectivity index (χ0v) is 6.96. The second-order valence-corrected chi connectivity index (χ2v) is 2.62. The van der Waals surface area contributed by atoms with Crippen LogP contribution in [0, 0.1) is 6.92 Å². The molecule has 2 nitrogen and oxygen atoms in total. The van der Waals surface area contributed by atoms with E-state index in [9.17, 15) is 0 Å². The largest absolute Gasteiger partial charge is 0.497 e. The topological polar surface area (TPSA) is 18.5 Å². The molecule has 1 radical (unpaired) electrons. The molecule has 0 saturated carbocycles. The Morgan fingerprint density at radius 3 is 2.64 bits per heavy atom. The molecule has 0 aliphatic heterocycles. The van der Waals surface area contributed by atoms with Crippen molar-refractivity contribution in [3.8, 4) is 0 Å². The van der Waals surface area contributed by atoms with Gasteiger partial charge < -0.3 is 9.47 Å². The predicted octanol–water partition coefficient (Wildman–Crippen LogP) is 1.70. The molecule has 0 aromatic carbocycles. The highest BCUT2D eigenvalue weighted by atomic mass is 16.5. The van der Waals surface area contributed by atoms with Crippen molar-refractivity contribution in [2.75, 3.05) is 14.2 Å². The van der Waals surface area contributed by atoms with Crippen LogP contribution in [-0.2, 0) is 9.47 Å². The van der Waals surface area contributed by atoms with Crippen LogP contribution in [0.4, 0.5) is 0 Å². The number of allylic oxidation sites excluding steroid dienone is 1. The van der Waals surface area contributed by atoms with E-state index in [0.29, 0.717) is 0 Å². The van der Waals surface area contributed by atoms with Crippen molar-refractivity contribution in [2.24, 2.45) is 0 Å². The van der Waals surface area contributed by atoms with Crippen LogP contribution >= 0.6 is 0 Å². The number of rotatable bonds is 2. The van der Waals surface area contributed by atoms with Gasteiger partial charge in [0.05, 0.1) is 12.7 Å². The molecule has 0 spiro atoms. The molecule has 0 heterocycles. The van der Waals surface area contributed by atoms with Gasteiger partial charge in [-0.3, -0.25) is 0 Å². The van der Waals surface area contributed by atoms with E-state index in [1.165, 1.54) is 0 Å². The molecular weight excluding hydrogens is 140 g/mol. The second kappa shape index (κ2) is 3.09. The zero-order chi connectivity index (χ0) is 8.32. The number of ether oxygens (including phenoxy) is 2. The van der Waals surface area contributed by atoms with Crippen molar-refractivity contribution in [1.82, 2.24) is 0 Å². The van der Waals surface area contributed by atoms with Gasteiger partial charge in [0.1, 0.15) is 5.76 Å². The van der Waals surface area contributed by atoms with Gasteiger partial charge in [0.15, 0.2) is 0 Å². The average Bonchev–Trinajstić information content (AvgIpc) is 2.06. The summed E-state index contributed by atoms with van der Waals surface area (Å²) in [5.41, 5.74) is -0.387. The fraction of sp³-hybridized carbons (Fsp3) is 0.444. The molecule has 0 aromatic heterocycles. The van der Waals surface area contributed by atoms with Crippen molar-refractivity contribution < 1.29 is 9.47 Å². The van der Waals surface area contributed by atoms with Crippen molar-refractivity contribution in [2.45, 2.75) is 12.0 Å². The molecule has 1 rings (SSSR count). The summed E-state index contributed by atoms with van der Waals surface area (Å²) in [6.07, 6.45) is 6.52. The molecule has 0 bridgehead atoms. The lowest BCUT2D eigenvalue weighted by Gasteiger charge is -2.25. The summed E-state index contributed by atoms with van der Waals surface area (Å²) in [5.74, 6) is 0.876. The highest BCUT2D eigenvalue weighted by Gasteiger charge is 2.21. The van der Waals surface area contributed by atoms with E-state index in [0.717, 1.165) is 12.2 Å². The fourth-order valence-electron chi connectivity index (χ4n) is 0.946. The third-order valence-electron chi connectivity index (χ3n) is 1.84. The Morgan fingerprint density at radius 1 is 1.55 bits per heavy atom. The maximum Gasteiger partial charge on any atom is 0.114 e. The third kappa shape index (κ3) is 1.84. The summed E-state index contributed by atoms with van der Waals surface area (Å²) in [6.45, 7) is 3.91. The van der Waals surface area contributed by atoms with E-state index in [4.69, 9.17) is 9.47 Å². The smallest absolute Gasteiger partial charge is 0.114 e. The SMILES string of the molecule is [CH2]C1(OC)C=CC(OC)=CC1. The van der Waals surface area contributed by atoms with Crippen LogP contribution in [-0.4, -0.2) is 19.8 Å². The van der Waals surface area contributed by atoms with Crippen molar-refractivity contribution in [1.29, 1.82) is 0 Å². The molecule has 0 saturated heterocycles. The molecule has 61 valence electrons. The third-order valence-corrected chi connectivity index (χ3v) is 1.84. The van der Waals surface area contributed by atoms with Crippen LogP contribution in [0.1, 0.15) is 6.42 Å². The molecule has 0 amide bonds. The Hall–Kier alpha value is -0.760. The highest BCUT2D eigenvalue weighted by Crippen LogP contribution is 2.22. The maximum absolute atomic E-state index is 5.17. The van der Waals surface area contributed by atoms with Gasteiger partial charge in [0, 0.05) is 13.5 Å². The summed E-state index contributed by atoms with van der Waals surface area (Å²) < 4.78 is 10.2. The Morgan fingerprint density at radius 2 is 2.27 bits per heavy atom. The van der Waals surface area contributed by atoms with Gasteiger partial charge in [-0.25, -0.2) is 0 Å². The van der Waals surface area contributed by atoms with E-state index < -0.39 is 0 Å². The summed E-state index contributed by atoms with van der Waals surface area (Å²) in [6, 6.07) is 0. The van der Waals surface area contributed by atoms with Crippen LogP contribution in [0.2, 0.25) is 0 Å². The molecule has 1 aliphatic carbocycles. The first-order valence-electron chi connectivity index (χ1n) is 3.54. The molecule has 1 unspecified atom stereocenters.